The number of rotatable bonds is 2. The van der Waals surface area contributed by atoms with Gasteiger partial charge in [0.05, 0.1) is 10.6 Å². The molecule has 0 unspecified atom stereocenters. The Hall–Kier alpha value is -1.14. The molecule has 0 spiro atoms. The van der Waals surface area contributed by atoms with Gasteiger partial charge >= 0.3 is 0 Å². The highest BCUT2D eigenvalue weighted by molar-refractivity contribution is 7.71. The molecule has 3 rings (SSSR count). The lowest BCUT2D eigenvalue weighted by atomic mass is 10.3. The summed E-state index contributed by atoms with van der Waals surface area (Å²) in [6.45, 7) is 0. The summed E-state index contributed by atoms with van der Waals surface area (Å²) >= 11 is 18.9. The third-order valence-electron chi connectivity index (χ3n) is 2.52. The molecule has 0 aliphatic heterocycles. The third-order valence-corrected chi connectivity index (χ3v) is 4.10. The van der Waals surface area contributed by atoms with Crippen molar-refractivity contribution in [1.29, 1.82) is 0 Å². The zero-order valence-electron chi connectivity index (χ0n) is 9.43. The van der Waals surface area contributed by atoms with Crippen molar-refractivity contribution in [3.8, 4) is 16.4 Å². The standard InChI is InChI=1S/C12H7Cl2N3S2/c13-7-4-8(14)6-9(5-7)17-11(15-16-12(17)18)10-2-1-3-19-10/h1-6H,(H,16,18). The third kappa shape index (κ3) is 2.47. The smallest absolute Gasteiger partial charge is 0.200 e. The monoisotopic (exact) mass is 327 g/mol. The summed E-state index contributed by atoms with van der Waals surface area (Å²) < 4.78 is 2.32. The lowest BCUT2D eigenvalue weighted by Gasteiger charge is -2.06. The van der Waals surface area contributed by atoms with E-state index in [1.54, 1.807) is 29.5 Å². The van der Waals surface area contributed by atoms with Crippen LogP contribution in [0.1, 0.15) is 0 Å². The molecule has 7 heteroatoms. The van der Waals surface area contributed by atoms with Gasteiger partial charge in [-0.2, -0.15) is 5.10 Å². The van der Waals surface area contributed by atoms with Crippen molar-refractivity contribution in [3.63, 3.8) is 0 Å². The number of hydrogen-bond donors (Lipinski definition) is 1. The molecule has 0 aliphatic carbocycles. The molecule has 96 valence electrons. The normalized spacial score (nSPS) is 10.8. The first-order valence-corrected chi connectivity index (χ1v) is 7.37. The van der Waals surface area contributed by atoms with E-state index in [0.717, 1.165) is 16.4 Å². The Bertz CT molecular complexity index is 754. The average molecular weight is 328 g/mol. The molecule has 0 atom stereocenters. The molecule has 0 aliphatic rings. The van der Waals surface area contributed by atoms with E-state index in [4.69, 9.17) is 35.4 Å². The molecule has 0 fully saturated rings. The maximum Gasteiger partial charge on any atom is 0.200 e. The van der Waals surface area contributed by atoms with Gasteiger partial charge in [-0.3, -0.25) is 9.67 Å². The summed E-state index contributed by atoms with van der Waals surface area (Å²) in [5.74, 6) is 0.748. The van der Waals surface area contributed by atoms with E-state index < -0.39 is 0 Å². The molecule has 1 N–H and O–H groups in total. The Labute approximate surface area is 128 Å². The molecule has 0 saturated carbocycles. The number of aromatic nitrogens is 3. The zero-order chi connectivity index (χ0) is 13.4. The molecule has 1 aromatic carbocycles. The number of hydrogen-bond acceptors (Lipinski definition) is 3. The Morgan fingerprint density at radius 3 is 2.58 bits per heavy atom. The van der Waals surface area contributed by atoms with E-state index in [1.165, 1.54) is 0 Å². The SMILES string of the molecule is S=c1[nH]nc(-c2cccs2)n1-c1cc(Cl)cc(Cl)c1. The maximum absolute atomic E-state index is 6.04. The predicted molar refractivity (Wildman–Crippen MR) is 82.1 cm³/mol. The molecular weight excluding hydrogens is 321 g/mol. The van der Waals surface area contributed by atoms with Gasteiger partial charge in [-0.05, 0) is 41.9 Å². The van der Waals surface area contributed by atoms with Crippen molar-refractivity contribution in [2.45, 2.75) is 0 Å². The number of nitrogens with zero attached hydrogens (tertiary/aromatic N) is 2. The Balaban J connectivity index is 2.25. The van der Waals surface area contributed by atoms with Gasteiger partial charge in [0.2, 0.25) is 0 Å². The summed E-state index contributed by atoms with van der Waals surface area (Å²) in [6.07, 6.45) is 0. The number of thiophene rings is 1. The van der Waals surface area contributed by atoms with Gasteiger partial charge in [0.15, 0.2) is 10.6 Å². The van der Waals surface area contributed by atoms with E-state index >= 15 is 0 Å². The van der Waals surface area contributed by atoms with E-state index in [9.17, 15) is 0 Å². The minimum absolute atomic E-state index is 0.502. The molecule has 0 amide bonds. The molecule has 0 saturated heterocycles. The predicted octanol–water partition coefficient (Wildman–Crippen LogP) is 4.97. The molecule has 0 bridgehead atoms. The number of aromatic amines is 1. The Kier molecular flexibility index (Phi) is 3.45. The lowest BCUT2D eigenvalue weighted by Crippen LogP contribution is -1.96. The largest absolute Gasteiger partial charge is 0.267 e. The number of nitrogens with one attached hydrogen (secondary N) is 1. The minimum atomic E-state index is 0.502. The van der Waals surface area contributed by atoms with Crippen LogP contribution in [0.5, 0.6) is 0 Å². The van der Waals surface area contributed by atoms with Gasteiger partial charge in [-0.15, -0.1) is 11.3 Å². The van der Waals surface area contributed by atoms with Gasteiger partial charge < -0.3 is 0 Å². The molecule has 3 nitrogen and oxygen atoms in total. The fourth-order valence-corrected chi connectivity index (χ4v) is 3.23. The highest BCUT2D eigenvalue weighted by Crippen LogP contribution is 2.28. The Morgan fingerprint density at radius 1 is 1.21 bits per heavy atom. The second-order valence-electron chi connectivity index (χ2n) is 3.79. The van der Waals surface area contributed by atoms with Gasteiger partial charge in [0.1, 0.15) is 0 Å². The van der Waals surface area contributed by atoms with E-state index in [-0.39, 0.29) is 0 Å². The van der Waals surface area contributed by atoms with Crippen LogP contribution in [0.4, 0.5) is 0 Å². The average Bonchev–Trinajstić information content (AvgIpc) is 2.95. The van der Waals surface area contributed by atoms with Crippen LogP contribution in [-0.4, -0.2) is 14.8 Å². The molecule has 3 aromatic rings. The molecule has 2 heterocycles. The first-order chi connectivity index (χ1) is 9.15. The van der Waals surface area contributed by atoms with Crippen molar-refractivity contribution >= 4 is 46.8 Å². The lowest BCUT2D eigenvalue weighted by molar-refractivity contribution is 1.04. The first kappa shape index (κ1) is 12.9. The first-order valence-electron chi connectivity index (χ1n) is 5.33. The highest BCUT2D eigenvalue weighted by atomic mass is 35.5. The summed E-state index contributed by atoms with van der Waals surface area (Å²) in [7, 11) is 0. The second kappa shape index (κ2) is 5.09. The van der Waals surface area contributed by atoms with Gasteiger partial charge in [-0.25, -0.2) is 0 Å². The molecule has 2 aromatic heterocycles. The molecular formula is C12H7Cl2N3S2. The molecule has 0 radical (unpaired) electrons. The minimum Gasteiger partial charge on any atom is -0.267 e. The summed E-state index contributed by atoms with van der Waals surface area (Å²) in [5, 5.41) is 10.2. The van der Waals surface area contributed by atoms with Crippen molar-refractivity contribution in [2.24, 2.45) is 0 Å². The van der Waals surface area contributed by atoms with Crippen LogP contribution in [0.15, 0.2) is 35.7 Å². The van der Waals surface area contributed by atoms with E-state index in [2.05, 4.69) is 10.2 Å². The Morgan fingerprint density at radius 2 is 1.95 bits per heavy atom. The summed E-state index contributed by atoms with van der Waals surface area (Å²) in [6, 6.07) is 9.23. The summed E-state index contributed by atoms with van der Waals surface area (Å²) in [5.41, 5.74) is 0.791. The van der Waals surface area contributed by atoms with Crippen LogP contribution in [0.3, 0.4) is 0 Å². The van der Waals surface area contributed by atoms with Crippen molar-refractivity contribution in [3.05, 3.63) is 50.5 Å². The van der Waals surface area contributed by atoms with E-state index in [0.29, 0.717) is 14.8 Å². The van der Waals surface area contributed by atoms with Crippen LogP contribution in [0.25, 0.3) is 16.4 Å². The molecule has 19 heavy (non-hydrogen) atoms. The number of halogens is 2. The van der Waals surface area contributed by atoms with Gasteiger partial charge in [0.25, 0.3) is 0 Å². The van der Waals surface area contributed by atoms with Crippen LogP contribution in [0.2, 0.25) is 10.0 Å². The quantitative estimate of drug-likeness (QED) is 0.674. The van der Waals surface area contributed by atoms with Crippen molar-refractivity contribution in [1.82, 2.24) is 14.8 Å². The van der Waals surface area contributed by atoms with Gasteiger partial charge in [-0.1, -0.05) is 29.3 Å². The maximum atomic E-state index is 6.04. The van der Waals surface area contributed by atoms with Crippen LogP contribution < -0.4 is 0 Å². The van der Waals surface area contributed by atoms with Gasteiger partial charge in [0, 0.05) is 10.0 Å². The zero-order valence-corrected chi connectivity index (χ0v) is 12.6. The number of H-pyrrole nitrogens is 1. The summed E-state index contributed by atoms with van der Waals surface area (Å²) in [4.78, 5) is 1.02. The van der Waals surface area contributed by atoms with Crippen LogP contribution >= 0.6 is 46.8 Å². The van der Waals surface area contributed by atoms with E-state index in [1.807, 2.05) is 22.1 Å². The van der Waals surface area contributed by atoms with Crippen LogP contribution in [-0.2, 0) is 0 Å². The van der Waals surface area contributed by atoms with Crippen molar-refractivity contribution < 1.29 is 0 Å². The topological polar surface area (TPSA) is 33.6 Å². The van der Waals surface area contributed by atoms with Crippen LogP contribution in [0, 0.1) is 4.77 Å². The van der Waals surface area contributed by atoms with Crippen molar-refractivity contribution in [2.75, 3.05) is 0 Å². The second-order valence-corrected chi connectivity index (χ2v) is 6.00. The number of benzene rings is 1. The fourth-order valence-electron chi connectivity index (χ4n) is 1.78. The fraction of sp³-hybridized carbons (Fsp3) is 0. The highest BCUT2D eigenvalue weighted by Gasteiger charge is 2.12.